The van der Waals surface area contributed by atoms with Crippen molar-refractivity contribution in [3.8, 4) is 11.6 Å². The van der Waals surface area contributed by atoms with Crippen molar-refractivity contribution in [1.82, 2.24) is 15.6 Å². The van der Waals surface area contributed by atoms with Crippen molar-refractivity contribution in [2.45, 2.75) is 26.8 Å². The Hall–Kier alpha value is -2.60. The third kappa shape index (κ3) is 5.20. The Bertz CT molecular complexity index is 758. The molecule has 26 heavy (non-hydrogen) atoms. The first-order chi connectivity index (χ1) is 12.6. The molecule has 1 aromatic heterocycles. The van der Waals surface area contributed by atoms with Crippen LogP contribution in [0.2, 0.25) is 0 Å². The summed E-state index contributed by atoms with van der Waals surface area (Å²) in [7, 11) is 0. The second-order valence-corrected chi connectivity index (χ2v) is 6.64. The van der Waals surface area contributed by atoms with Crippen LogP contribution in [0.5, 0.6) is 11.6 Å². The normalized spacial score (nSPS) is 16.3. The van der Waals surface area contributed by atoms with Gasteiger partial charge in [-0.05, 0) is 55.2 Å². The van der Waals surface area contributed by atoms with Crippen LogP contribution in [0.1, 0.15) is 23.1 Å². The van der Waals surface area contributed by atoms with Crippen LogP contribution in [0.3, 0.4) is 0 Å². The highest BCUT2D eigenvalue weighted by atomic mass is 16.5. The first-order valence-corrected chi connectivity index (χ1v) is 8.89. The largest absolute Gasteiger partial charge is 0.439 e. The average molecular weight is 355 g/mol. The van der Waals surface area contributed by atoms with E-state index >= 15 is 0 Å². The molecule has 2 aromatic rings. The lowest BCUT2D eigenvalue weighted by atomic mass is 10.1. The fraction of sp³-hybridized carbons (Fsp3) is 0.400. The van der Waals surface area contributed by atoms with Crippen molar-refractivity contribution in [2.24, 2.45) is 5.92 Å². The van der Waals surface area contributed by atoms with Gasteiger partial charge in [0, 0.05) is 37.9 Å². The molecule has 1 aromatic carbocycles. The van der Waals surface area contributed by atoms with Gasteiger partial charge in [-0.3, -0.25) is 0 Å². The minimum atomic E-state index is -0.176. The van der Waals surface area contributed by atoms with E-state index in [9.17, 15) is 4.79 Å². The lowest BCUT2D eigenvalue weighted by Crippen LogP contribution is -2.38. The zero-order chi connectivity index (χ0) is 18.4. The van der Waals surface area contributed by atoms with Crippen LogP contribution in [0.4, 0.5) is 4.79 Å². The molecule has 1 aliphatic heterocycles. The number of ether oxygens (including phenoxy) is 2. The highest BCUT2D eigenvalue weighted by Crippen LogP contribution is 2.22. The van der Waals surface area contributed by atoms with E-state index in [1.54, 1.807) is 6.20 Å². The summed E-state index contributed by atoms with van der Waals surface area (Å²) in [4.78, 5) is 16.1. The predicted molar refractivity (Wildman–Crippen MR) is 99.4 cm³/mol. The molecule has 0 bridgehead atoms. The summed E-state index contributed by atoms with van der Waals surface area (Å²) in [5, 5.41) is 5.74. The molecule has 6 nitrogen and oxygen atoms in total. The molecule has 0 saturated carbocycles. The van der Waals surface area contributed by atoms with Gasteiger partial charge in [0.15, 0.2) is 0 Å². The lowest BCUT2D eigenvalue weighted by Gasteiger charge is -2.11. The summed E-state index contributed by atoms with van der Waals surface area (Å²) in [5.74, 6) is 1.68. The number of hydrogen-bond acceptors (Lipinski definition) is 4. The predicted octanol–water partition coefficient (Wildman–Crippen LogP) is 3.33. The number of hydrogen-bond donors (Lipinski definition) is 2. The molecule has 138 valence electrons. The van der Waals surface area contributed by atoms with E-state index in [2.05, 4.69) is 22.5 Å². The Balaban J connectivity index is 1.50. The SMILES string of the molecule is Cc1ccc(Oc2cc(CNC(=O)NCC3CCOC3)ccn2)cc1C. The summed E-state index contributed by atoms with van der Waals surface area (Å²) in [6.45, 7) is 6.68. The van der Waals surface area contributed by atoms with Crippen molar-refractivity contribution >= 4 is 6.03 Å². The maximum Gasteiger partial charge on any atom is 0.315 e. The topological polar surface area (TPSA) is 72.5 Å². The van der Waals surface area contributed by atoms with Gasteiger partial charge in [-0.2, -0.15) is 0 Å². The smallest absolute Gasteiger partial charge is 0.315 e. The average Bonchev–Trinajstić information content (AvgIpc) is 3.15. The minimum Gasteiger partial charge on any atom is -0.439 e. The van der Waals surface area contributed by atoms with Gasteiger partial charge in [-0.15, -0.1) is 0 Å². The second kappa shape index (κ2) is 8.67. The van der Waals surface area contributed by atoms with Crippen molar-refractivity contribution in [1.29, 1.82) is 0 Å². The maximum atomic E-state index is 11.9. The number of pyridine rings is 1. The fourth-order valence-corrected chi connectivity index (χ4v) is 2.74. The molecule has 1 aliphatic rings. The van der Waals surface area contributed by atoms with Gasteiger partial charge >= 0.3 is 6.03 Å². The molecule has 0 spiro atoms. The molecular weight excluding hydrogens is 330 g/mol. The Morgan fingerprint density at radius 2 is 2.12 bits per heavy atom. The zero-order valence-electron chi connectivity index (χ0n) is 15.2. The maximum absolute atomic E-state index is 11.9. The van der Waals surface area contributed by atoms with Crippen LogP contribution in [0.25, 0.3) is 0 Å². The number of nitrogens with one attached hydrogen (secondary N) is 2. The van der Waals surface area contributed by atoms with Crippen LogP contribution >= 0.6 is 0 Å². The standard InChI is InChI=1S/C20H25N3O3/c1-14-3-4-18(9-15(14)2)26-19-10-16(5-7-21-19)11-22-20(24)23-12-17-6-8-25-13-17/h3-5,7,9-10,17H,6,8,11-13H2,1-2H3,(H2,22,23,24). The molecule has 2 heterocycles. The summed E-state index contributed by atoms with van der Waals surface area (Å²) in [6.07, 6.45) is 2.69. The number of carbonyl (C=O) groups excluding carboxylic acids is 1. The number of urea groups is 1. The number of aryl methyl sites for hydroxylation is 2. The first-order valence-electron chi connectivity index (χ1n) is 8.89. The number of aromatic nitrogens is 1. The number of rotatable bonds is 6. The second-order valence-electron chi connectivity index (χ2n) is 6.64. The van der Waals surface area contributed by atoms with Crippen molar-refractivity contribution in [2.75, 3.05) is 19.8 Å². The minimum absolute atomic E-state index is 0.176. The number of benzene rings is 1. The first kappa shape index (κ1) is 18.2. The van der Waals surface area contributed by atoms with Gasteiger partial charge in [-0.25, -0.2) is 9.78 Å². The molecule has 2 N–H and O–H groups in total. The third-order valence-corrected chi connectivity index (χ3v) is 4.53. The molecule has 6 heteroatoms. The zero-order valence-corrected chi connectivity index (χ0v) is 15.2. The molecule has 3 rings (SSSR count). The van der Waals surface area contributed by atoms with Gasteiger partial charge in [0.05, 0.1) is 6.61 Å². The van der Waals surface area contributed by atoms with Gasteiger partial charge < -0.3 is 20.1 Å². The van der Waals surface area contributed by atoms with E-state index in [-0.39, 0.29) is 6.03 Å². The molecule has 0 radical (unpaired) electrons. The highest BCUT2D eigenvalue weighted by Gasteiger charge is 2.16. The van der Waals surface area contributed by atoms with E-state index in [1.165, 1.54) is 11.1 Å². The van der Waals surface area contributed by atoms with Gasteiger partial charge in [0.2, 0.25) is 5.88 Å². The Kier molecular flexibility index (Phi) is 6.07. The van der Waals surface area contributed by atoms with E-state index in [0.717, 1.165) is 30.9 Å². The molecular formula is C20H25N3O3. The van der Waals surface area contributed by atoms with Gasteiger partial charge in [0.1, 0.15) is 5.75 Å². The van der Waals surface area contributed by atoms with Crippen molar-refractivity contribution in [3.05, 3.63) is 53.2 Å². The molecule has 2 amide bonds. The molecule has 0 aliphatic carbocycles. The fourth-order valence-electron chi connectivity index (χ4n) is 2.74. The molecule has 1 saturated heterocycles. The Labute approximate surface area is 153 Å². The van der Waals surface area contributed by atoms with E-state index in [4.69, 9.17) is 9.47 Å². The van der Waals surface area contributed by atoms with Gasteiger partial charge in [-0.1, -0.05) is 6.07 Å². The third-order valence-electron chi connectivity index (χ3n) is 4.53. The number of carbonyl (C=O) groups is 1. The lowest BCUT2D eigenvalue weighted by molar-refractivity contribution is 0.185. The van der Waals surface area contributed by atoms with Crippen LogP contribution in [0.15, 0.2) is 36.5 Å². The van der Waals surface area contributed by atoms with E-state index in [1.807, 2.05) is 37.3 Å². The van der Waals surface area contributed by atoms with Crippen LogP contribution in [-0.2, 0) is 11.3 Å². The Morgan fingerprint density at radius 1 is 1.23 bits per heavy atom. The summed E-state index contributed by atoms with van der Waals surface area (Å²) in [5.41, 5.74) is 3.32. The number of amides is 2. The van der Waals surface area contributed by atoms with Crippen LogP contribution < -0.4 is 15.4 Å². The van der Waals surface area contributed by atoms with Crippen LogP contribution in [-0.4, -0.2) is 30.8 Å². The quantitative estimate of drug-likeness (QED) is 0.834. The van der Waals surface area contributed by atoms with E-state index in [0.29, 0.717) is 24.9 Å². The number of nitrogens with zero attached hydrogens (tertiary/aromatic N) is 1. The van der Waals surface area contributed by atoms with Crippen LogP contribution in [0, 0.1) is 19.8 Å². The molecule has 1 atom stereocenters. The summed E-state index contributed by atoms with van der Waals surface area (Å²) >= 11 is 0. The Morgan fingerprint density at radius 3 is 2.88 bits per heavy atom. The summed E-state index contributed by atoms with van der Waals surface area (Å²) < 4.78 is 11.1. The summed E-state index contributed by atoms with van der Waals surface area (Å²) in [6, 6.07) is 9.46. The van der Waals surface area contributed by atoms with E-state index < -0.39 is 0 Å². The van der Waals surface area contributed by atoms with Crippen molar-refractivity contribution in [3.63, 3.8) is 0 Å². The molecule has 1 fully saturated rings. The monoisotopic (exact) mass is 355 g/mol. The highest BCUT2D eigenvalue weighted by molar-refractivity contribution is 5.73. The van der Waals surface area contributed by atoms with Gasteiger partial charge in [0.25, 0.3) is 0 Å². The molecule has 1 unspecified atom stereocenters. The van der Waals surface area contributed by atoms with Crippen molar-refractivity contribution < 1.29 is 14.3 Å².